The molecule has 0 unspecified atom stereocenters. The van der Waals surface area contributed by atoms with Crippen LogP contribution >= 0.6 is 0 Å². The molecule has 0 radical (unpaired) electrons. The summed E-state index contributed by atoms with van der Waals surface area (Å²) >= 11 is 0. The molecule has 0 aliphatic heterocycles. The zero-order chi connectivity index (χ0) is 21.0. The minimum Gasteiger partial charge on any atom is -0.368 e. The Bertz CT molecular complexity index is 948. The van der Waals surface area contributed by atoms with Gasteiger partial charge in [-0.15, -0.1) is 27.6 Å². The predicted octanol–water partition coefficient (Wildman–Crippen LogP) is 3.39. The monoisotopic (exact) mass is 394 g/mol. The quantitative estimate of drug-likeness (QED) is 0.637. The molecule has 154 valence electrons. The fourth-order valence-corrected chi connectivity index (χ4v) is 3.28. The van der Waals surface area contributed by atoms with Crippen LogP contribution in [0.2, 0.25) is 0 Å². The Hall–Kier alpha value is -2.88. The van der Waals surface area contributed by atoms with Gasteiger partial charge in [-0.2, -0.15) is 4.52 Å². The minimum atomic E-state index is -0.149. The number of rotatable bonds is 9. The first-order valence-corrected chi connectivity index (χ1v) is 10.2. The van der Waals surface area contributed by atoms with Crippen molar-refractivity contribution >= 4 is 22.9 Å². The first-order valence-electron chi connectivity index (χ1n) is 10.2. The van der Waals surface area contributed by atoms with Gasteiger partial charge in [0, 0.05) is 31.5 Å². The molecule has 1 saturated carbocycles. The van der Waals surface area contributed by atoms with Gasteiger partial charge >= 0.3 is 0 Å². The topological polar surface area (TPSA) is 84.2 Å². The molecule has 29 heavy (non-hydrogen) atoms. The van der Waals surface area contributed by atoms with Crippen LogP contribution in [0.4, 0.5) is 5.82 Å². The van der Waals surface area contributed by atoms with Crippen LogP contribution in [0.5, 0.6) is 0 Å². The molecule has 7 heteroatoms. The average Bonchev–Trinajstić information content (AvgIpc) is 3.04. The number of fused-ring (bicyclic) bond motifs is 1. The zero-order valence-corrected chi connectivity index (χ0v) is 17.6. The van der Waals surface area contributed by atoms with Gasteiger partial charge in [0.2, 0.25) is 5.91 Å². The summed E-state index contributed by atoms with van der Waals surface area (Å²) in [6.07, 6.45) is 9.63. The average molecular weight is 395 g/mol. The summed E-state index contributed by atoms with van der Waals surface area (Å²) in [5.41, 5.74) is 2.61. The van der Waals surface area contributed by atoms with E-state index in [-0.39, 0.29) is 11.3 Å². The largest absolute Gasteiger partial charge is 0.368 e. The van der Waals surface area contributed by atoms with Crippen LogP contribution in [-0.4, -0.2) is 38.8 Å². The molecule has 0 saturated heterocycles. The molecule has 1 fully saturated rings. The number of hydrogen-bond acceptors (Lipinski definition) is 5. The van der Waals surface area contributed by atoms with Gasteiger partial charge in [-0.1, -0.05) is 26.8 Å². The summed E-state index contributed by atoms with van der Waals surface area (Å²) in [6.45, 7) is 11.3. The van der Waals surface area contributed by atoms with Gasteiger partial charge in [0.05, 0.1) is 0 Å². The van der Waals surface area contributed by atoms with E-state index in [2.05, 4.69) is 53.2 Å². The number of terminal acetylenes is 1. The van der Waals surface area contributed by atoms with Gasteiger partial charge in [-0.25, -0.2) is 0 Å². The van der Waals surface area contributed by atoms with Crippen LogP contribution in [0.3, 0.4) is 0 Å². The summed E-state index contributed by atoms with van der Waals surface area (Å²) in [4.78, 5) is 11.9. The van der Waals surface area contributed by atoms with Gasteiger partial charge in [-0.3, -0.25) is 4.79 Å². The van der Waals surface area contributed by atoms with Crippen molar-refractivity contribution < 1.29 is 4.79 Å². The second-order valence-corrected chi connectivity index (χ2v) is 8.65. The number of nitrogens with zero attached hydrogens (tertiary/aromatic N) is 4. The van der Waals surface area contributed by atoms with E-state index in [1.807, 2.05) is 6.92 Å². The summed E-state index contributed by atoms with van der Waals surface area (Å²) in [7, 11) is 0. The lowest BCUT2D eigenvalue weighted by Crippen LogP contribution is -2.38. The number of hydrogen-bond donors (Lipinski definition) is 2. The van der Waals surface area contributed by atoms with Crippen molar-refractivity contribution in [1.82, 2.24) is 25.1 Å². The number of nitrogens with one attached hydrogen (secondary N) is 2. The highest BCUT2D eigenvalue weighted by Gasteiger charge is 2.26. The molecule has 2 N–H and O–H groups in total. The van der Waals surface area contributed by atoms with Gasteiger partial charge in [0.15, 0.2) is 17.3 Å². The highest BCUT2D eigenvalue weighted by molar-refractivity contribution is 5.76. The molecule has 0 bridgehead atoms. The number of aromatic nitrogens is 4. The van der Waals surface area contributed by atoms with E-state index >= 15 is 0 Å². The number of anilines is 1. The van der Waals surface area contributed by atoms with Gasteiger partial charge in [-0.05, 0) is 42.7 Å². The zero-order valence-electron chi connectivity index (χ0n) is 17.6. The second kappa shape index (κ2) is 8.64. The maximum atomic E-state index is 11.9. The van der Waals surface area contributed by atoms with Gasteiger partial charge < -0.3 is 10.6 Å². The van der Waals surface area contributed by atoms with Crippen LogP contribution in [0, 0.1) is 17.8 Å². The molecule has 2 aromatic rings. The third-order valence-corrected chi connectivity index (χ3v) is 5.34. The lowest BCUT2D eigenvalue weighted by atomic mass is 9.80. The van der Waals surface area contributed by atoms with Crippen molar-refractivity contribution in [2.24, 2.45) is 5.41 Å². The Kier molecular flexibility index (Phi) is 6.21. The first-order chi connectivity index (χ1) is 13.8. The molecule has 1 aliphatic carbocycles. The van der Waals surface area contributed by atoms with Crippen LogP contribution < -0.4 is 10.6 Å². The molecular formula is C22H30N6O. The minimum absolute atomic E-state index is 0.0127. The fourth-order valence-electron chi connectivity index (χ4n) is 3.28. The SMILES string of the molecule is C#CCCC(=O)NCC(C)(C)CNc1nn2c(C(=C)C)nnc2cc1C1CCC1. The van der Waals surface area contributed by atoms with E-state index in [9.17, 15) is 4.79 Å². The summed E-state index contributed by atoms with van der Waals surface area (Å²) < 4.78 is 1.75. The van der Waals surface area contributed by atoms with Crippen molar-refractivity contribution in [3.63, 3.8) is 0 Å². The van der Waals surface area contributed by atoms with Crippen molar-refractivity contribution in [3.05, 3.63) is 24.0 Å². The first kappa shape index (κ1) is 20.8. The van der Waals surface area contributed by atoms with Crippen molar-refractivity contribution in [2.45, 2.75) is 58.8 Å². The predicted molar refractivity (Wildman–Crippen MR) is 115 cm³/mol. The number of carbonyl (C=O) groups is 1. The second-order valence-electron chi connectivity index (χ2n) is 8.65. The maximum absolute atomic E-state index is 11.9. The lowest BCUT2D eigenvalue weighted by molar-refractivity contribution is -0.121. The molecular weight excluding hydrogens is 364 g/mol. The Labute approximate surface area is 172 Å². The third-order valence-electron chi connectivity index (χ3n) is 5.34. The molecule has 0 aromatic carbocycles. The van der Waals surface area contributed by atoms with E-state index < -0.39 is 0 Å². The van der Waals surface area contributed by atoms with E-state index in [0.29, 0.717) is 37.7 Å². The summed E-state index contributed by atoms with van der Waals surface area (Å²) in [5, 5.41) is 19.8. The summed E-state index contributed by atoms with van der Waals surface area (Å²) in [6, 6.07) is 2.09. The smallest absolute Gasteiger partial charge is 0.220 e. The molecule has 0 spiro atoms. The van der Waals surface area contributed by atoms with Crippen molar-refractivity contribution in [3.8, 4) is 12.3 Å². The standard InChI is InChI=1S/C22H30N6O/c1-6-7-11-19(29)23-13-22(4,5)14-24-20-17(16-9-8-10-16)12-18-25-26-21(15(2)3)28(18)27-20/h1,12,16H,2,7-11,13-14H2,3-5H3,(H,23,29)(H,24,27). The molecule has 1 amide bonds. The maximum Gasteiger partial charge on any atom is 0.220 e. The van der Waals surface area contributed by atoms with Crippen molar-refractivity contribution in [2.75, 3.05) is 18.4 Å². The third kappa shape index (κ3) is 4.94. The molecule has 0 atom stereocenters. The molecule has 3 rings (SSSR count). The van der Waals surface area contributed by atoms with E-state index in [0.717, 1.165) is 17.0 Å². The van der Waals surface area contributed by atoms with Crippen LogP contribution in [0.25, 0.3) is 11.2 Å². The Morgan fingerprint density at radius 1 is 1.38 bits per heavy atom. The molecule has 2 aromatic heterocycles. The Morgan fingerprint density at radius 2 is 2.14 bits per heavy atom. The van der Waals surface area contributed by atoms with Crippen molar-refractivity contribution in [1.29, 1.82) is 0 Å². The Morgan fingerprint density at radius 3 is 2.76 bits per heavy atom. The molecule has 2 heterocycles. The normalized spacial score (nSPS) is 14.3. The number of carbonyl (C=O) groups excluding carboxylic acids is 1. The number of allylic oxidation sites excluding steroid dienone is 1. The fraction of sp³-hybridized carbons (Fsp3) is 0.545. The van der Waals surface area contributed by atoms with E-state index in [1.165, 1.54) is 24.8 Å². The van der Waals surface area contributed by atoms with Crippen LogP contribution in [0.15, 0.2) is 12.6 Å². The van der Waals surface area contributed by atoms with Crippen LogP contribution in [-0.2, 0) is 4.79 Å². The van der Waals surface area contributed by atoms with Gasteiger partial charge in [0.1, 0.15) is 0 Å². The molecule has 7 nitrogen and oxygen atoms in total. The molecule has 1 aliphatic rings. The van der Waals surface area contributed by atoms with E-state index in [1.54, 1.807) is 4.52 Å². The van der Waals surface area contributed by atoms with Gasteiger partial charge in [0.25, 0.3) is 0 Å². The lowest BCUT2D eigenvalue weighted by Gasteiger charge is -2.30. The Balaban J connectivity index is 1.75. The highest BCUT2D eigenvalue weighted by Crippen LogP contribution is 2.39. The summed E-state index contributed by atoms with van der Waals surface area (Å²) in [5.74, 6) is 4.52. The highest BCUT2D eigenvalue weighted by atomic mass is 16.1. The van der Waals surface area contributed by atoms with Crippen LogP contribution in [0.1, 0.15) is 70.2 Å². The number of amides is 1. The van der Waals surface area contributed by atoms with E-state index in [4.69, 9.17) is 11.5 Å².